The molecule has 1 amide bonds. The van der Waals surface area contributed by atoms with Crippen molar-refractivity contribution in [2.75, 3.05) is 7.11 Å². The van der Waals surface area contributed by atoms with Gasteiger partial charge in [0.1, 0.15) is 5.54 Å². The molecule has 4 nitrogen and oxygen atoms in total. The third-order valence-corrected chi connectivity index (χ3v) is 2.91. The van der Waals surface area contributed by atoms with Gasteiger partial charge in [-0.3, -0.25) is 9.59 Å². The van der Waals surface area contributed by atoms with Gasteiger partial charge in [0.2, 0.25) is 5.91 Å². The molecule has 7 heteroatoms. The quantitative estimate of drug-likeness (QED) is 0.731. The highest BCUT2D eigenvalue weighted by Gasteiger charge is 2.63. The number of halogens is 3. The smallest absolute Gasteiger partial charge is 0.412 e. The van der Waals surface area contributed by atoms with Crippen molar-refractivity contribution in [1.29, 1.82) is 0 Å². The average molecular weight is 239 g/mol. The van der Waals surface area contributed by atoms with Crippen molar-refractivity contribution in [2.24, 2.45) is 5.92 Å². The van der Waals surface area contributed by atoms with E-state index in [-0.39, 0.29) is 6.42 Å². The molecule has 0 aromatic heterocycles. The van der Waals surface area contributed by atoms with E-state index in [1.165, 1.54) is 0 Å². The Morgan fingerprint density at radius 1 is 1.56 bits per heavy atom. The molecule has 0 bridgehead atoms. The molecular weight excluding hydrogens is 227 g/mol. The minimum Gasteiger partial charge on any atom is -0.469 e. The zero-order valence-corrected chi connectivity index (χ0v) is 8.85. The summed E-state index contributed by atoms with van der Waals surface area (Å²) in [4.78, 5) is 22.1. The summed E-state index contributed by atoms with van der Waals surface area (Å²) in [6.07, 6.45) is -5.35. The van der Waals surface area contributed by atoms with Gasteiger partial charge in [0.05, 0.1) is 13.0 Å². The van der Waals surface area contributed by atoms with Crippen LogP contribution in [0.25, 0.3) is 0 Å². The van der Waals surface area contributed by atoms with Crippen molar-refractivity contribution in [3.8, 4) is 0 Å². The van der Waals surface area contributed by atoms with Crippen LogP contribution in [0.3, 0.4) is 0 Å². The molecule has 0 spiro atoms. The summed E-state index contributed by atoms with van der Waals surface area (Å²) in [5.74, 6) is -3.14. The number of ether oxygens (including phenoxy) is 1. The largest absolute Gasteiger partial charge is 0.469 e. The maximum Gasteiger partial charge on any atom is 0.412 e. The van der Waals surface area contributed by atoms with Gasteiger partial charge < -0.3 is 10.1 Å². The third-order valence-electron chi connectivity index (χ3n) is 2.91. The van der Waals surface area contributed by atoms with Gasteiger partial charge in [0.25, 0.3) is 0 Å². The van der Waals surface area contributed by atoms with E-state index in [9.17, 15) is 22.8 Å². The Bertz CT molecular complexity index is 316. The molecule has 1 rings (SSSR count). The molecule has 1 fully saturated rings. The van der Waals surface area contributed by atoms with Crippen LogP contribution in [0.15, 0.2) is 0 Å². The summed E-state index contributed by atoms with van der Waals surface area (Å²) in [6, 6.07) is 0. The van der Waals surface area contributed by atoms with Gasteiger partial charge in [-0.15, -0.1) is 0 Å². The maximum absolute atomic E-state index is 12.9. The number of methoxy groups -OCH3 is 1. The Kier molecular flexibility index (Phi) is 3.16. The Morgan fingerprint density at radius 2 is 2.12 bits per heavy atom. The molecule has 16 heavy (non-hydrogen) atoms. The second kappa shape index (κ2) is 3.95. The second-order valence-corrected chi connectivity index (χ2v) is 3.76. The van der Waals surface area contributed by atoms with Crippen LogP contribution >= 0.6 is 0 Å². The van der Waals surface area contributed by atoms with Gasteiger partial charge in [-0.05, 0) is 13.3 Å². The number of rotatable bonds is 2. The van der Waals surface area contributed by atoms with Crippen molar-refractivity contribution >= 4 is 11.9 Å². The van der Waals surface area contributed by atoms with Crippen LogP contribution in [-0.4, -0.2) is 30.7 Å². The topological polar surface area (TPSA) is 55.4 Å². The first-order valence-corrected chi connectivity index (χ1v) is 4.70. The Hall–Kier alpha value is -1.27. The summed E-state index contributed by atoms with van der Waals surface area (Å²) in [6.45, 7) is 1.10. The van der Waals surface area contributed by atoms with Crippen LogP contribution in [0.5, 0.6) is 0 Å². The Morgan fingerprint density at radius 3 is 2.44 bits per heavy atom. The molecule has 0 aliphatic carbocycles. The summed E-state index contributed by atoms with van der Waals surface area (Å²) in [5.41, 5.74) is -2.49. The SMILES string of the molecule is COC(=O)C(C)C1(C(F)(F)F)CCC(=O)N1. The van der Waals surface area contributed by atoms with Crippen LogP contribution in [0, 0.1) is 5.92 Å². The standard InChI is InChI=1S/C9H12F3NO3/c1-5(7(15)16-2)8(9(10,11)12)4-3-6(14)13-8/h5H,3-4H2,1-2H3,(H,13,14). The molecule has 0 saturated carbocycles. The normalized spacial score (nSPS) is 27.4. The summed E-state index contributed by atoms with van der Waals surface area (Å²) in [7, 11) is 1.01. The first-order valence-electron chi connectivity index (χ1n) is 4.70. The number of hydrogen-bond acceptors (Lipinski definition) is 3. The molecule has 1 saturated heterocycles. The van der Waals surface area contributed by atoms with Crippen LogP contribution in [0.2, 0.25) is 0 Å². The number of nitrogens with one attached hydrogen (secondary N) is 1. The van der Waals surface area contributed by atoms with Crippen LogP contribution in [0.4, 0.5) is 13.2 Å². The second-order valence-electron chi connectivity index (χ2n) is 3.76. The van der Waals surface area contributed by atoms with Crippen LogP contribution in [0.1, 0.15) is 19.8 Å². The number of carbonyl (C=O) groups excluding carboxylic acids is 2. The lowest BCUT2D eigenvalue weighted by Gasteiger charge is -2.35. The molecular formula is C9H12F3NO3. The molecule has 92 valence electrons. The van der Waals surface area contributed by atoms with E-state index in [1.807, 2.05) is 5.32 Å². The lowest BCUT2D eigenvalue weighted by molar-refractivity contribution is -0.212. The van der Waals surface area contributed by atoms with Gasteiger partial charge in [-0.1, -0.05) is 0 Å². The third kappa shape index (κ3) is 1.85. The fourth-order valence-electron chi connectivity index (χ4n) is 1.85. The molecule has 2 atom stereocenters. The molecule has 0 aromatic carbocycles. The fourth-order valence-corrected chi connectivity index (χ4v) is 1.85. The zero-order valence-electron chi connectivity index (χ0n) is 8.85. The predicted molar refractivity (Wildman–Crippen MR) is 47.3 cm³/mol. The van der Waals surface area contributed by atoms with Crippen molar-refractivity contribution in [1.82, 2.24) is 5.32 Å². The van der Waals surface area contributed by atoms with E-state index < -0.39 is 35.9 Å². The Labute approximate surface area is 90.1 Å². The van der Waals surface area contributed by atoms with E-state index in [1.54, 1.807) is 0 Å². The lowest BCUT2D eigenvalue weighted by Crippen LogP contribution is -2.60. The number of hydrogen-bond donors (Lipinski definition) is 1. The highest BCUT2D eigenvalue weighted by atomic mass is 19.4. The predicted octanol–water partition coefficient (Wildman–Crippen LogP) is 1.01. The molecule has 1 N–H and O–H groups in total. The molecule has 1 aliphatic rings. The average Bonchev–Trinajstić information content (AvgIpc) is 2.58. The van der Waals surface area contributed by atoms with E-state index in [2.05, 4.69) is 4.74 Å². The van der Waals surface area contributed by atoms with Crippen LogP contribution < -0.4 is 5.32 Å². The highest BCUT2D eigenvalue weighted by Crippen LogP contribution is 2.43. The number of amides is 1. The van der Waals surface area contributed by atoms with Gasteiger partial charge in [0.15, 0.2) is 0 Å². The van der Waals surface area contributed by atoms with E-state index in [0.29, 0.717) is 0 Å². The number of esters is 1. The number of alkyl halides is 3. The first-order chi connectivity index (χ1) is 7.24. The summed E-state index contributed by atoms with van der Waals surface area (Å²) < 4.78 is 43.0. The molecule has 2 unspecified atom stereocenters. The zero-order chi connectivity index (χ0) is 12.6. The first kappa shape index (κ1) is 12.8. The van der Waals surface area contributed by atoms with Gasteiger partial charge >= 0.3 is 12.1 Å². The minimum absolute atomic E-state index is 0.235. The fraction of sp³-hybridized carbons (Fsp3) is 0.778. The number of carbonyl (C=O) groups is 2. The molecule has 1 aliphatic heterocycles. The molecule has 1 heterocycles. The van der Waals surface area contributed by atoms with Crippen molar-refractivity contribution in [3.63, 3.8) is 0 Å². The molecule has 0 aromatic rings. The van der Waals surface area contributed by atoms with Crippen molar-refractivity contribution < 1.29 is 27.5 Å². The summed E-state index contributed by atoms with van der Waals surface area (Å²) in [5, 5.41) is 1.86. The van der Waals surface area contributed by atoms with Gasteiger partial charge in [-0.25, -0.2) is 0 Å². The lowest BCUT2D eigenvalue weighted by atomic mass is 9.83. The van der Waals surface area contributed by atoms with E-state index >= 15 is 0 Å². The highest BCUT2D eigenvalue weighted by molar-refractivity contribution is 5.82. The van der Waals surface area contributed by atoms with Gasteiger partial charge in [-0.2, -0.15) is 13.2 Å². The van der Waals surface area contributed by atoms with Crippen molar-refractivity contribution in [2.45, 2.75) is 31.5 Å². The Balaban J connectivity index is 3.06. The maximum atomic E-state index is 12.9. The van der Waals surface area contributed by atoms with Crippen LogP contribution in [-0.2, 0) is 14.3 Å². The van der Waals surface area contributed by atoms with Crippen molar-refractivity contribution in [3.05, 3.63) is 0 Å². The van der Waals surface area contributed by atoms with Gasteiger partial charge in [0, 0.05) is 6.42 Å². The minimum atomic E-state index is -4.67. The van der Waals surface area contributed by atoms with E-state index in [4.69, 9.17) is 0 Å². The molecule has 0 radical (unpaired) electrons. The summed E-state index contributed by atoms with van der Waals surface area (Å²) >= 11 is 0. The monoisotopic (exact) mass is 239 g/mol. The van der Waals surface area contributed by atoms with E-state index in [0.717, 1.165) is 14.0 Å².